The number of ether oxygens (including phenoxy) is 4. The fourth-order valence-corrected chi connectivity index (χ4v) is 4.42. The molecule has 3 rings (SSSR count). The van der Waals surface area contributed by atoms with Crippen molar-refractivity contribution >= 4 is 11.8 Å². The maximum Gasteiger partial charge on any atom is 0.253 e. The van der Waals surface area contributed by atoms with Crippen molar-refractivity contribution in [3.05, 3.63) is 47.5 Å². The van der Waals surface area contributed by atoms with Crippen molar-refractivity contribution in [2.45, 2.75) is 26.2 Å². The second kappa shape index (κ2) is 11.8. The molecule has 8 nitrogen and oxygen atoms in total. The number of hydrogen-bond donors (Lipinski definition) is 1. The zero-order chi connectivity index (χ0) is 25.5. The molecule has 0 saturated carbocycles. The lowest BCUT2D eigenvalue weighted by atomic mass is 9.87. The summed E-state index contributed by atoms with van der Waals surface area (Å²) in [7, 11) is 6.26. The van der Waals surface area contributed by atoms with Crippen LogP contribution in [0.5, 0.6) is 23.0 Å². The van der Waals surface area contributed by atoms with E-state index in [1.165, 1.54) is 0 Å². The summed E-state index contributed by atoms with van der Waals surface area (Å²) >= 11 is 0. The molecule has 35 heavy (non-hydrogen) atoms. The van der Waals surface area contributed by atoms with Gasteiger partial charge in [0.1, 0.15) is 5.75 Å². The SMILES string of the molecule is COc1ccc(C(=O)N2C[C@H](c3cc(OC)c(OC)c(OC)c3)[C@H](C(=O)NCCC(C)C)C2)cc1. The lowest BCUT2D eigenvalue weighted by molar-refractivity contribution is -0.124. The van der Waals surface area contributed by atoms with E-state index in [0.717, 1.165) is 12.0 Å². The van der Waals surface area contributed by atoms with E-state index in [2.05, 4.69) is 19.2 Å². The van der Waals surface area contributed by atoms with Gasteiger partial charge in [-0.25, -0.2) is 0 Å². The number of amides is 2. The highest BCUT2D eigenvalue weighted by Crippen LogP contribution is 2.43. The molecule has 0 spiro atoms. The summed E-state index contributed by atoms with van der Waals surface area (Å²) < 4.78 is 21.7. The highest BCUT2D eigenvalue weighted by molar-refractivity contribution is 5.95. The third kappa shape index (κ3) is 5.99. The standard InChI is InChI=1S/C27H36N2O6/c1-17(2)11-12-28-26(30)22-16-29(27(31)18-7-9-20(32-3)10-8-18)15-21(22)19-13-23(33-4)25(35-6)24(14-19)34-5/h7-10,13-14,17,21-22H,11-12,15-16H2,1-6H3,(H,28,30)/t21-,22-/m1/s1. The van der Waals surface area contributed by atoms with Gasteiger partial charge in [0.25, 0.3) is 5.91 Å². The minimum absolute atomic E-state index is 0.0607. The Morgan fingerprint density at radius 1 is 0.943 bits per heavy atom. The van der Waals surface area contributed by atoms with Crippen LogP contribution in [0.25, 0.3) is 0 Å². The van der Waals surface area contributed by atoms with Gasteiger partial charge < -0.3 is 29.2 Å². The molecule has 2 aromatic carbocycles. The minimum Gasteiger partial charge on any atom is -0.497 e. The number of nitrogens with zero attached hydrogens (tertiary/aromatic N) is 1. The second-order valence-corrected chi connectivity index (χ2v) is 9.08. The number of nitrogens with one attached hydrogen (secondary N) is 1. The first kappa shape index (κ1) is 26.2. The largest absolute Gasteiger partial charge is 0.497 e. The summed E-state index contributed by atoms with van der Waals surface area (Å²) in [4.78, 5) is 28.3. The lowest BCUT2D eigenvalue weighted by Crippen LogP contribution is -2.36. The normalized spacial score (nSPS) is 17.3. The number of hydrogen-bond acceptors (Lipinski definition) is 6. The van der Waals surface area contributed by atoms with Gasteiger partial charge in [-0.3, -0.25) is 9.59 Å². The van der Waals surface area contributed by atoms with Crippen LogP contribution in [-0.4, -0.2) is 64.8 Å². The molecule has 2 amide bonds. The third-order valence-electron chi connectivity index (χ3n) is 6.42. The highest BCUT2D eigenvalue weighted by atomic mass is 16.5. The third-order valence-corrected chi connectivity index (χ3v) is 6.42. The fourth-order valence-electron chi connectivity index (χ4n) is 4.42. The van der Waals surface area contributed by atoms with Gasteiger partial charge in [0.15, 0.2) is 11.5 Å². The fraction of sp³-hybridized carbons (Fsp3) is 0.481. The zero-order valence-electron chi connectivity index (χ0n) is 21.4. The van der Waals surface area contributed by atoms with E-state index >= 15 is 0 Å². The molecular weight excluding hydrogens is 448 g/mol. The molecule has 1 aliphatic rings. The van der Waals surface area contributed by atoms with Crippen molar-refractivity contribution in [2.75, 3.05) is 48.1 Å². The van der Waals surface area contributed by atoms with Crippen molar-refractivity contribution in [3.8, 4) is 23.0 Å². The van der Waals surface area contributed by atoms with E-state index in [-0.39, 0.29) is 17.7 Å². The summed E-state index contributed by atoms with van der Waals surface area (Å²) in [6.07, 6.45) is 0.891. The average Bonchev–Trinajstić information content (AvgIpc) is 3.32. The molecule has 2 atom stereocenters. The van der Waals surface area contributed by atoms with Crippen molar-refractivity contribution in [1.29, 1.82) is 0 Å². The summed E-state index contributed by atoms with van der Waals surface area (Å²) in [6, 6.07) is 10.7. The molecule has 1 N–H and O–H groups in total. The van der Waals surface area contributed by atoms with Gasteiger partial charge in [-0.1, -0.05) is 13.8 Å². The Bertz CT molecular complexity index is 996. The van der Waals surface area contributed by atoms with Crippen LogP contribution in [0, 0.1) is 11.8 Å². The first-order valence-electron chi connectivity index (χ1n) is 11.8. The zero-order valence-corrected chi connectivity index (χ0v) is 21.4. The van der Waals surface area contributed by atoms with Crippen LogP contribution in [0.3, 0.4) is 0 Å². The second-order valence-electron chi connectivity index (χ2n) is 9.08. The van der Waals surface area contributed by atoms with E-state index in [1.54, 1.807) is 57.6 Å². The number of benzene rings is 2. The summed E-state index contributed by atoms with van der Waals surface area (Å²) in [5.41, 5.74) is 1.41. The predicted octanol–water partition coefficient (Wildman–Crippen LogP) is 3.74. The van der Waals surface area contributed by atoms with Crippen LogP contribution in [0.1, 0.15) is 42.1 Å². The molecule has 2 aromatic rings. The minimum atomic E-state index is -0.410. The van der Waals surface area contributed by atoms with E-state index in [4.69, 9.17) is 18.9 Å². The van der Waals surface area contributed by atoms with Gasteiger partial charge in [0.2, 0.25) is 11.7 Å². The Labute approximate surface area is 207 Å². The van der Waals surface area contributed by atoms with E-state index in [1.807, 2.05) is 12.1 Å². The van der Waals surface area contributed by atoms with Crippen LogP contribution in [0.4, 0.5) is 0 Å². The molecule has 0 radical (unpaired) electrons. The smallest absolute Gasteiger partial charge is 0.253 e. The van der Waals surface area contributed by atoms with Crippen LogP contribution < -0.4 is 24.3 Å². The monoisotopic (exact) mass is 484 g/mol. The predicted molar refractivity (Wildman–Crippen MR) is 134 cm³/mol. The van der Waals surface area contributed by atoms with Crippen LogP contribution in [-0.2, 0) is 4.79 Å². The molecule has 1 fully saturated rings. The van der Waals surface area contributed by atoms with Crippen molar-refractivity contribution in [1.82, 2.24) is 10.2 Å². The molecule has 0 unspecified atom stereocenters. The average molecular weight is 485 g/mol. The van der Waals surface area contributed by atoms with Crippen LogP contribution in [0.15, 0.2) is 36.4 Å². The number of carbonyl (C=O) groups excluding carboxylic acids is 2. The van der Waals surface area contributed by atoms with Gasteiger partial charge in [-0.2, -0.15) is 0 Å². The van der Waals surface area contributed by atoms with E-state index < -0.39 is 5.92 Å². The summed E-state index contributed by atoms with van der Waals surface area (Å²) in [5.74, 6) is 1.86. The van der Waals surface area contributed by atoms with Crippen molar-refractivity contribution < 1.29 is 28.5 Å². The van der Waals surface area contributed by atoms with Crippen LogP contribution in [0.2, 0.25) is 0 Å². The molecule has 8 heteroatoms. The first-order chi connectivity index (χ1) is 16.8. The Balaban J connectivity index is 1.92. The molecule has 0 aliphatic carbocycles. The van der Waals surface area contributed by atoms with Gasteiger partial charge in [0, 0.05) is 31.1 Å². The summed E-state index contributed by atoms with van der Waals surface area (Å²) in [6.45, 7) is 5.55. The van der Waals surface area contributed by atoms with Gasteiger partial charge >= 0.3 is 0 Å². The van der Waals surface area contributed by atoms with Gasteiger partial charge in [-0.05, 0) is 54.3 Å². The van der Waals surface area contributed by atoms with Gasteiger partial charge in [0.05, 0.1) is 34.4 Å². The van der Waals surface area contributed by atoms with Crippen molar-refractivity contribution in [2.24, 2.45) is 11.8 Å². The number of likely N-dealkylation sites (tertiary alicyclic amines) is 1. The molecule has 1 saturated heterocycles. The van der Waals surface area contributed by atoms with Gasteiger partial charge in [-0.15, -0.1) is 0 Å². The Hall–Kier alpha value is -3.42. The number of methoxy groups -OCH3 is 4. The molecular formula is C27H36N2O6. The lowest BCUT2D eigenvalue weighted by Gasteiger charge is -2.21. The van der Waals surface area contributed by atoms with E-state index in [0.29, 0.717) is 54.1 Å². The van der Waals surface area contributed by atoms with Crippen molar-refractivity contribution in [3.63, 3.8) is 0 Å². The highest BCUT2D eigenvalue weighted by Gasteiger charge is 2.41. The summed E-state index contributed by atoms with van der Waals surface area (Å²) in [5, 5.41) is 3.07. The maximum absolute atomic E-state index is 13.3. The quantitative estimate of drug-likeness (QED) is 0.553. The molecule has 0 bridgehead atoms. The molecule has 1 aliphatic heterocycles. The topological polar surface area (TPSA) is 86.3 Å². The Kier molecular flexibility index (Phi) is 8.84. The van der Waals surface area contributed by atoms with E-state index in [9.17, 15) is 9.59 Å². The Morgan fingerprint density at radius 3 is 2.09 bits per heavy atom. The Morgan fingerprint density at radius 2 is 1.57 bits per heavy atom. The molecule has 1 heterocycles. The maximum atomic E-state index is 13.3. The molecule has 0 aromatic heterocycles. The van der Waals surface area contributed by atoms with Crippen LogP contribution >= 0.6 is 0 Å². The first-order valence-corrected chi connectivity index (χ1v) is 11.8. The number of rotatable bonds is 10. The number of carbonyl (C=O) groups is 2. The molecule has 190 valence electrons.